The molecule has 2 rings (SSSR count). The van der Waals surface area contributed by atoms with Gasteiger partial charge in [-0.25, -0.2) is 4.98 Å². The molecule has 3 nitrogen and oxygen atoms in total. The zero-order chi connectivity index (χ0) is 10.1. The summed E-state index contributed by atoms with van der Waals surface area (Å²) in [5.41, 5.74) is 2.41. The summed E-state index contributed by atoms with van der Waals surface area (Å²) in [6, 6.07) is 5.68. The molecule has 5 heteroatoms. The Balaban J connectivity index is 2.76. The fourth-order valence-corrected chi connectivity index (χ4v) is 1.93. The highest BCUT2D eigenvalue weighted by Crippen LogP contribution is 2.26. The second-order valence-electron chi connectivity index (χ2n) is 2.78. The SMILES string of the molecule is N#CCc1c(Cl)ccc2[nH]c(Br)nc12. The maximum atomic E-state index is 8.65. The van der Waals surface area contributed by atoms with Crippen molar-refractivity contribution in [3.8, 4) is 6.07 Å². The van der Waals surface area contributed by atoms with E-state index in [1.807, 2.05) is 6.07 Å². The molecule has 0 atom stereocenters. The van der Waals surface area contributed by atoms with Crippen LogP contribution in [0.2, 0.25) is 5.02 Å². The molecule has 0 aliphatic carbocycles. The number of nitrogens with one attached hydrogen (secondary N) is 1. The lowest BCUT2D eigenvalue weighted by molar-refractivity contribution is 1.24. The predicted molar refractivity (Wildman–Crippen MR) is 58.1 cm³/mol. The summed E-state index contributed by atoms with van der Waals surface area (Å²) in [5, 5.41) is 9.23. The first-order chi connectivity index (χ1) is 6.72. The fraction of sp³-hybridized carbons (Fsp3) is 0.111. The molecule has 0 radical (unpaired) electrons. The summed E-state index contributed by atoms with van der Waals surface area (Å²) in [6.45, 7) is 0. The van der Waals surface area contributed by atoms with Crippen LogP contribution in [0.3, 0.4) is 0 Å². The first-order valence-corrected chi connectivity index (χ1v) is 5.09. The van der Waals surface area contributed by atoms with Gasteiger partial charge in [0, 0.05) is 10.6 Å². The van der Waals surface area contributed by atoms with Crippen LogP contribution in [-0.4, -0.2) is 9.97 Å². The molecule has 0 aliphatic heterocycles. The lowest BCUT2D eigenvalue weighted by Gasteiger charge is -1.98. The number of rotatable bonds is 1. The lowest BCUT2D eigenvalue weighted by atomic mass is 10.1. The third kappa shape index (κ3) is 1.49. The standard InChI is InChI=1S/C9H5BrClN3/c10-9-13-7-2-1-6(11)5(3-4-12)8(7)14-9/h1-2H,3H2,(H,13,14). The van der Waals surface area contributed by atoms with Gasteiger partial charge in [0.05, 0.1) is 23.5 Å². The number of benzene rings is 1. The Hall–Kier alpha value is -1.05. The van der Waals surface area contributed by atoms with E-state index >= 15 is 0 Å². The van der Waals surface area contributed by atoms with Crippen molar-refractivity contribution in [1.29, 1.82) is 5.26 Å². The van der Waals surface area contributed by atoms with Crippen molar-refractivity contribution in [2.24, 2.45) is 0 Å². The average Bonchev–Trinajstić information content (AvgIpc) is 2.51. The number of hydrogen-bond donors (Lipinski definition) is 1. The predicted octanol–water partition coefficient (Wildman–Crippen LogP) is 3.04. The van der Waals surface area contributed by atoms with Crippen molar-refractivity contribution < 1.29 is 0 Å². The van der Waals surface area contributed by atoms with Gasteiger partial charge in [0.15, 0.2) is 4.73 Å². The number of nitriles is 1. The van der Waals surface area contributed by atoms with E-state index in [4.69, 9.17) is 16.9 Å². The molecule has 14 heavy (non-hydrogen) atoms. The minimum Gasteiger partial charge on any atom is -0.332 e. The molecule has 0 unspecified atom stereocenters. The zero-order valence-electron chi connectivity index (χ0n) is 7.01. The molecule has 0 spiro atoms. The Labute approximate surface area is 93.8 Å². The molecule has 70 valence electrons. The Bertz CT molecular complexity index is 527. The van der Waals surface area contributed by atoms with Gasteiger partial charge in [-0.05, 0) is 28.1 Å². The van der Waals surface area contributed by atoms with Gasteiger partial charge in [-0.15, -0.1) is 0 Å². The van der Waals surface area contributed by atoms with Crippen LogP contribution in [-0.2, 0) is 6.42 Å². The second kappa shape index (κ2) is 3.60. The summed E-state index contributed by atoms with van der Waals surface area (Å²) < 4.78 is 0.647. The highest BCUT2D eigenvalue weighted by molar-refractivity contribution is 9.10. The van der Waals surface area contributed by atoms with Gasteiger partial charge in [0.1, 0.15) is 0 Å². The molecule has 1 heterocycles. The van der Waals surface area contributed by atoms with E-state index in [9.17, 15) is 0 Å². The van der Waals surface area contributed by atoms with Crippen molar-refractivity contribution in [2.45, 2.75) is 6.42 Å². The molecule has 0 bridgehead atoms. The van der Waals surface area contributed by atoms with Gasteiger partial charge in [-0.3, -0.25) is 0 Å². The van der Waals surface area contributed by atoms with Crippen molar-refractivity contribution in [3.05, 3.63) is 27.5 Å². The van der Waals surface area contributed by atoms with E-state index in [-0.39, 0.29) is 6.42 Å². The molecule has 2 aromatic rings. The van der Waals surface area contributed by atoms with Crippen molar-refractivity contribution in [3.63, 3.8) is 0 Å². The van der Waals surface area contributed by atoms with Crippen LogP contribution in [0.25, 0.3) is 11.0 Å². The van der Waals surface area contributed by atoms with E-state index in [0.29, 0.717) is 9.76 Å². The van der Waals surface area contributed by atoms with Crippen LogP contribution in [0.1, 0.15) is 5.56 Å². The molecule has 0 aliphatic rings. The van der Waals surface area contributed by atoms with Crippen LogP contribution >= 0.6 is 27.5 Å². The summed E-state index contributed by atoms with van der Waals surface area (Å²) in [6.07, 6.45) is 0.271. The summed E-state index contributed by atoms with van der Waals surface area (Å²) in [7, 11) is 0. The molecule has 1 aromatic carbocycles. The molecule has 1 aromatic heterocycles. The molecule has 0 saturated carbocycles. The van der Waals surface area contributed by atoms with Crippen molar-refractivity contribution in [2.75, 3.05) is 0 Å². The first kappa shape index (κ1) is 9.50. The number of aromatic amines is 1. The molecule has 0 saturated heterocycles. The number of H-pyrrole nitrogens is 1. The van der Waals surface area contributed by atoms with Crippen LogP contribution in [0.4, 0.5) is 0 Å². The number of imidazole rings is 1. The van der Waals surface area contributed by atoms with Crippen molar-refractivity contribution >= 4 is 38.6 Å². The van der Waals surface area contributed by atoms with Gasteiger partial charge in [0.25, 0.3) is 0 Å². The number of halogens is 2. The van der Waals surface area contributed by atoms with Gasteiger partial charge in [-0.1, -0.05) is 11.6 Å². The van der Waals surface area contributed by atoms with Gasteiger partial charge >= 0.3 is 0 Å². The largest absolute Gasteiger partial charge is 0.332 e. The van der Waals surface area contributed by atoms with Crippen LogP contribution in [0.5, 0.6) is 0 Å². The zero-order valence-corrected chi connectivity index (χ0v) is 9.35. The van der Waals surface area contributed by atoms with Crippen LogP contribution in [0.15, 0.2) is 16.9 Å². The maximum Gasteiger partial charge on any atom is 0.175 e. The van der Waals surface area contributed by atoms with Gasteiger partial charge < -0.3 is 4.98 Å². The highest BCUT2D eigenvalue weighted by atomic mass is 79.9. The number of nitrogens with zero attached hydrogens (tertiary/aromatic N) is 2. The number of aromatic nitrogens is 2. The Morgan fingerprint density at radius 1 is 1.57 bits per heavy atom. The summed E-state index contributed by atoms with van der Waals surface area (Å²) >= 11 is 9.21. The summed E-state index contributed by atoms with van der Waals surface area (Å²) in [4.78, 5) is 7.24. The third-order valence-corrected chi connectivity index (χ3v) is 2.66. The quantitative estimate of drug-likeness (QED) is 0.866. The Kier molecular flexibility index (Phi) is 2.44. The molecular formula is C9H5BrClN3. The smallest absolute Gasteiger partial charge is 0.175 e. The average molecular weight is 271 g/mol. The minimum atomic E-state index is 0.271. The maximum absolute atomic E-state index is 8.65. The Morgan fingerprint density at radius 3 is 3.07 bits per heavy atom. The topological polar surface area (TPSA) is 52.5 Å². The van der Waals surface area contributed by atoms with E-state index < -0.39 is 0 Å². The van der Waals surface area contributed by atoms with E-state index in [1.54, 1.807) is 6.07 Å². The number of hydrogen-bond acceptors (Lipinski definition) is 2. The molecule has 0 amide bonds. The van der Waals surface area contributed by atoms with Gasteiger partial charge in [0.2, 0.25) is 0 Å². The molecule has 1 N–H and O–H groups in total. The monoisotopic (exact) mass is 269 g/mol. The Morgan fingerprint density at radius 2 is 2.36 bits per heavy atom. The lowest BCUT2D eigenvalue weighted by Crippen LogP contribution is -1.86. The first-order valence-electron chi connectivity index (χ1n) is 3.92. The fourth-order valence-electron chi connectivity index (χ4n) is 1.32. The normalized spacial score (nSPS) is 10.4. The third-order valence-electron chi connectivity index (χ3n) is 1.93. The highest BCUT2D eigenvalue weighted by Gasteiger charge is 2.09. The number of fused-ring (bicyclic) bond motifs is 1. The molecular weight excluding hydrogens is 265 g/mol. The van der Waals surface area contributed by atoms with Crippen LogP contribution < -0.4 is 0 Å². The van der Waals surface area contributed by atoms with Crippen molar-refractivity contribution in [1.82, 2.24) is 9.97 Å². The second-order valence-corrected chi connectivity index (χ2v) is 3.94. The minimum absolute atomic E-state index is 0.271. The van der Waals surface area contributed by atoms with Crippen LogP contribution in [0, 0.1) is 11.3 Å². The van der Waals surface area contributed by atoms with E-state index in [0.717, 1.165) is 16.6 Å². The molecule has 0 fully saturated rings. The van der Waals surface area contributed by atoms with E-state index in [1.165, 1.54) is 0 Å². The van der Waals surface area contributed by atoms with E-state index in [2.05, 4.69) is 32.0 Å². The van der Waals surface area contributed by atoms with Gasteiger partial charge in [-0.2, -0.15) is 5.26 Å². The summed E-state index contributed by atoms with van der Waals surface area (Å²) in [5.74, 6) is 0.